The highest BCUT2D eigenvalue weighted by molar-refractivity contribution is 5.68. The maximum atomic E-state index is 11.0. The Hall–Kier alpha value is -0.570. The van der Waals surface area contributed by atoms with Gasteiger partial charge in [-0.1, -0.05) is 20.8 Å². The van der Waals surface area contributed by atoms with E-state index in [1.54, 1.807) is 0 Å². The van der Waals surface area contributed by atoms with Gasteiger partial charge in [-0.15, -0.1) is 0 Å². The van der Waals surface area contributed by atoms with Crippen molar-refractivity contribution < 1.29 is 14.6 Å². The predicted molar refractivity (Wildman–Crippen MR) is 65.1 cm³/mol. The van der Waals surface area contributed by atoms with Gasteiger partial charge in [0.2, 0.25) is 0 Å². The van der Waals surface area contributed by atoms with Gasteiger partial charge in [-0.3, -0.25) is 4.79 Å². The molecule has 0 radical (unpaired) electrons. The van der Waals surface area contributed by atoms with Crippen LogP contribution in [0.2, 0.25) is 0 Å². The zero-order chi connectivity index (χ0) is 12.6. The standard InChI is InChI=1S/C13H26O3/c1-13(2,3)10-11(8-9-14)6-5-7-12(15)16-4/h11,14H,5-10H2,1-4H3/t11-/m1/s1. The molecule has 3 heteroatoms. The highest BCUT2D eigenvalue weighted by Gasteiger charge is 2.18. The third kappa shape index (κ3) is 8.72. The van der Waals surface area contributed by atoms with Gasteiger partial charge >= 0.3 is 5.97 Å². The maximum absolute atomic E-state index is 11.0. The molecule has 0 aliphatic rings. The molecular weight excluding hydrogens is 204 g/mol. The summed E-state index contributed by atoms with van der Waals surface area (Å²) in [5, 5.41) is 9.00. The third-order valence-corrected chi connectivity index (χ3v) is 2.66. The van der Waals surface area contributed by atoms with E-state index in [0.717, 1.165) is 25.7 Å². The summed E-state index contributed by atoms with van der Waals surface area (Å²) in [5.74, 6) is 0.369. The molecule has 16 heavy (non-hydrogen) atoms. The van der Waals surface area contributed by atoms with Crippen LogP contribution in [-0.2, 0) is 9.53 Å². The van der Waals surface area contributed by atoms with Gasteiger partial charge in [0.1, 0.15) is 0 Å². The highest BCUT2D eigenvalue weighted by atomic mass is 16.5. The fraction of sp³-hybridized carbons (Fsp3) is 0.923. The summed E-state index contributed by atoms with van der Waals surface area (Å²) in [6.07, 6.45) is 4.26. The van der Waals surface area contributed by atoms with Crippen molar-refractivity contribution in [2.24, 2.45) is 11.3 Å². The number of esters is 1. The minimum atomic E-state index is -0.140. The van der Waals surface area contributed by atoms with E-state index < -0.39 is 0 Å². The van der Waals surface area contributed by atoms with Gasteiger partial charge in [-0.2, -0.15) is 0 Å². The Labute approximate surface area is 99.2 Å². The van der Waals surface area contributed by atoms with E-state index in [0.29, 0.717) is 12.3 Å². The largest absolute Gasteiger partial charge is 0.469 e. The van der Waals surface area contributed by atoms with Gasteiger partial charge in [-0.05, 0) is 37.0 Å². The molecule has 0 aromatic heterocycles. The van der Waals surface area contributed by atoms with E-state index in [2.05, 4.69) is 25.5 Å². The molecule has 0 rings (SSSR count). The van der Waals surface area contributed by atoms with Crippen LogP contribution < -0.4 is 0 Å². The summed E-state index contributed by atoms with van der Waals surface area (Å²) < 4.78 is 4.60. The highest BCUT2D eigenvalue weighted by Crippen LogP contribution is 2.29. The van der Waals surface area contributed by atoms with Crippen LogP contribution in [0, 0.1) is 11.3 Å². The molecular formula is C13H26O3. The normalized spacial score (nSPS) is 13.6. The molecule has 0 saturated heterocycles. The first-order valence-corrected chi connectivity index (χ1v) is 6.06. The Morgan fingerprint density at radius 3 is 2.38 bits per heavy atom. The van der Waals surface area contributed by atoms with Crippen molar-refractivity contribution in [1.82, 2.24) is 0 Å². The minimum absolute atomic E-state index is 0.140. The molecule has 3 nitrogen and oxygen atoms in total. The van der Waals surface area contributed by atoms with E-state index in [1.165, 1.54) is 7.11 Å². The van der Waals surface area contributed by atoms with Gasteiger partial charge in [-0.25, -0.2) is 0 Å². The average molecular weight is 230 g/mol. The monoisotopic (exact) mass is 230 g/mol. The molecule has 0 bridgehead atoms. The third-order valence-electron chi connectivity index (χ3n) is 2.66. The summed E-state index contributed by atoms with van der Waals surface area (Å²) in [4.78, 5) is 11.0. The quantitative estimate of drug-likeness (QED) is 0.684. The van der Waals surface area contributed by atoms with Crippen molar-refractivity contribution in [1.29, 1.82) is 0 Å². The smallest absolute Gasteiger partial charge is 0.305 e. The lowest BCUT2D eigenvalue weighted by Gasteiger charge is -2.25. The van der Waals surface area contributed by atoms with Crippen LogP contribution in [0.15, 0.2) is 0 Å². The summed E-state index contributed by atoms with van der Waals surface area (Å²) >= 11 is 0. The predicted octanol–water partition coefficient (Wildman–Crippen LogP) is 2.76. The first-order valence-electron chi connectivity index (χ1n) is 6.06. The SMILES string of the molecule is COC(=O)CCC[C@H](CCO)CC(C)(C)C. The maximum Gasteiger partial charge on any atom is 0.305 e. The molecule has 0 amide bonds. The molecule has 0 unspecified atom stereocenters. The van der Waals surface area contributed by atoms with Gasteiger partial charge < -0.3 is 9.84 Å². The first kappa shape index (κ1) is 15.4. The molecule has 0 spiro atoms. The van der Waals surface area contributed by atoms with Gasteiger partial charge in [0.05, 0.1) is 7.11 Å². The number of aliphatic hydroxyl groups is 1. The summed E-state index contributed by atoms with van der Waals surface area (Å²) in [6, 6.07) is 0. The lowest BCUT2D eigenvalue weighted by molar-refractivity contribution is -0.140. The van der Waals surface area contributed by atoms with Crippen LogP contribution in [-0.4, -0.2) is 24.8 Å². The van der Waals surface area contributed by atoms with Crippen molar-refractivity contribution in [2.75, 3.05) is 13.7 Å². The van der Waals surface area contributed by atoms with Crippen LogP contribution in [0.1, 0.15) is 52.9 Å². The van der Waals surface area contributed by atoms with Crippen molar-refractivity contribution in [3.05, 3.63) is 0 Å². The van der Waals surface area contributed by atoms with Crippen LogP contribution in [0.25, 0.3) is 0 Å². The molecule has 96 valence electrons. The second-order valence-corrected chi connectivity index (χ2v) is 5.61. The van der Waals surface area contributed by atoms with Crippen molar-refractivity contribution in [3.8, 4) is 0 Å². The Balaban J connectivity index is 3.89. The molecule has 0 aliphatic carbocycles. The summed E-state index contributed by atoms with van der Waals surface area (Å²) in [5.41, 5.74) is 0.283. The molecule has 0 aliphatic heterocycles. The lowest BCUT2D eigenvalue weighted by atomic mass is 9.81. The van der Waals surface area contributed by atoms with Crippen molar-refractivity contribution in [3.63, 3.8) is 0 Å². The molecule has 0 aromatic rings. The Kier molecular flexibility index (Phi) is 7.39. The second-order valence-electron chi connectivity index (χ2n) is 5.61. The van der Waals surface area contributed by atoms with E-state index in [4.69, 9.17) is 5.11 Å². The number of aliphatic hydroxyl groups excluding tert-OH is 1. The zero-order valence-corrected chi connectivity index (χ0v) is 11.1. The Bertz CT molecular complexity index is 194. The van der Waals surface area contributed by atoms with Crippen LogP contribution in [0.3, 0.4) is 0 Å². The summed E-state index contributed by atoms with van der Waals surface area (Å²) in [6.45, 7) is 6.85. The first-order chi connectivity index (χ1) is 7.39. The topological polar surface area (TPSA) is 46.5 Å². The number of carbonyl (C=O) groups excluding carboxylic acids is 1. The fourth-order valence-electron chi connectivity index (χ4n) is 2.03. The van der Waals surface area contributed by atoms with Gasteiger partial charge in [0.25, 0.3) is 0 Å². The average Bonchev–Trinajstić information content (AvgIpc) is 2.15. The molecule has 1 atom stereocenters. The Morgan fingerprint density at radius 1 is 1.31 bits per heavy atom. The van der Waals surface area contributed by atoms with Crippen LogP contribution in [0.5, 0.6) is 0 Å². The molecule has 0 heterocycles. The fourth-order valence-corrected chi connectivity index (χ4v) is 2.03. The Morgan fingerprint density at radius 2 is 1.94 bits per heavy atom. The number of methoxy groups -OCH3 is 1. The number of ether oxygens (including phenoxy) is 1. The molecule has 0 saturated carbocycles. The number of hydrogen-bond acceptors (Lipinski definition) is 3. The number of hydrogen-bond donors (Lipinski definition) is 1. The van der Waals surface area contributed by atoms with E-state index in [9.17, 15) is 4.79 Å². The molecule has 0 fully saturated rings. The summed E-state index contributed by atoms with van der Waals surface area (Å²) in [7, 11) is 1.42. The van der Waals surface area contributed by atoms with Crippen LogP contribution in [0.4, 0.5) is 0 Å². The molecule has 1 N–H and O–H groups in total. The van der Waals surface area contributed by atoms with E-state index in [1.807, 2.05) is 0 Å². The van der Waals surface area contributed by atoms with Crippen LogP contribution >= 0.6 is 0 Å². The molecule has 0 aromatic carbocycles. The van der Waals surface area contributed by atoms with Crippen molar-refractivity contribution in [2.45, 2.75) is 52.9 Å². The zero-order valence-electron chi connectivity index (χ0n) is 11.1. The minimum Gasteiger partial charge on any atom is -0.469 e. The second kappa shape index (κ2) is 7.66. The van der Waals surface area contributed by atoms with E-state index >= 15 is 0 Å². The number of rotatable bonds is 7. The van der Waals surface area contributed by atoms with Gasteiger partial charge in [0.15, 0.2) is 0 Å². The van der Waals surface area contributed by atoms with Gasteiger partial charge in [0, 0.05) is 13.0 Å². The van der Waals surface area contributed by atoms with E-state index in [-0.39, 0.29) is 18.0 Å². The number of carbonyl (C=O) groups is 1. The van der Waals surface area contributed by atoms with Crippen molar-refractivity contribution >= 4 is 5.97 Å². The lowest BCUT2D eigenvalue weighted by Crippen LogP contribution is -2.15.